The van der Waals surface area contributed by atoms with Crippen molar-refractivity contribution in [3.8, 4) is 0 Å². The lowest BCUT2D eigenvalue weighted by Gasteiger charge is -2.15. The lowest BCUT2D eigenvalue weighted by atomic mass is 10.0. The molecule has 0 aliphatic carbocycles. The summed E-state index contributed by atoms with van der Waals surface area (Å²) in [6.45, 7) is 0. The SMILES string of the molecule is CNC(c1cc2ccccc2o1)c1ccccc1Cl. The molecular formula is C16H14ClNO. The van der Waals surface area contributed by atoms with Crippen LogP contribution in [0.25, 0.3) is 11.0 Å². The molecule has 0 bridgehead atoms. The lowest BCUT2D eigenvalue weighted by Crippen LogP contribution is -2.17. The van der Waals surface area contributed by atoms with Crippen LogP contribution < -0.4 is 5.32 Å². The predicted molar refractivity (Wildman–Crippen MR) is 78.6 cm³/mol. The average molecular weight is 272 g/mol. The van der Waals surface area contributed by atoms with Crippen molar-refractivity contribution in [2.45, 2.75) is 6.04 Å². The zero-order chi connectivity index (χ0) is 13.2. The summed E-state index contributed by atoms with van der Waals surface area (Å²) in [5, 5.41) is 5.10. The minimum Gasteiger partial charge on any atom is -0.459 e. The van der Waals surface area contributed by atoms with Crippen molar-refractivity contribution in [3.05, 3.63) is 70.9 Å². The van der Waals surface area contributed by atoms with E-state index < -0.39 is 0 Å². The molecule has 0 aliphatic rings. The highest BCUT2D eigenvalue weighted by Gasteiger charge is 2.18. The zero-order valence-corrected chi connectivity index (χ0v) is 11.3. The Balaban J connectivity index is 2.09. The molecule has 1 N–H and O–H groups in total. The number of benzene rings is 2. The van der Waals surface area contributed by atoms with Crippen molar-refractivity contribution < 1.29 is 4.42 Å². The Morgan fingerprint density at radius 2 is 1.79 bits per heavy atom. The maximum absolute atomic E-state index is 6.26. The molecule has 1 unspecified atom stereocenters. The molecule has 1 atom stereocenters. The zero-order valence-electron chi connectivity index (χ0n) is 10.6. The summed E-state index contributed by atoms with van der Waals surface area (Å²) in [6, 6.07) is 17.8. The fourth-order valence-corrected chi connectivity index (χ4v) is 2.55. The van der Waals surface area contributed by atoms with E-state index in [1.54, 1.807) is 0 Å². The van der Waals surface area contributed by atoms with Crippen molar-refractivity contribution in [2.75, 3.05) is 7.05 Å². The van der Waals surface area contributed by atoms with Gasteiger partial charge in [-0.1, -0.05) is 48.0 Å². The van der Waals surface area contributed by atoms with Crippen LogP contribution in [0.1, 0.15) is 17.4 Å². The standard InChI is InChI=1S/C16H14ClNO/c1-18-16(12-7-3-4-8-13(12)17)15-10-11-6-2-5-9-14(11)19-15/h2-10,16,18H,1H3. The number of hydrogen-bond donors (Lipinski definition) is 1. The van der Waals surface area contributed by atoms with Gasteiger partial charge in [0, 0.05) is 10.4 Å². The average Bonchev–Trinajstić information content (AvgIpc) is 2.85. The van der Waals surface area contributed by atoms with Crippen molar-refractivity contribution >= 4 is 22.6 Å². The first-order valence-corrected chi connectivity index (χ1v) is 6.57. The van der Waals surface area contributed by atoms with Crippen LogP contribution in [0.5, 0.6) is 0 Å². The summed E-state index contributed by atoms with van der Waals surface area (Å²) in [7, 11) is 1.90. The largest absolute Gasteiger partial charge is 0.459 e. The van der Waals surface area contributed by atoms with E-state index >= 15 is 0 Å². The fourth-order valence-electron chi connectivity index (χ4n) is 2.30. The lowest BCUT2D eigenvalue weighted by molar-refractivity contribution is 0.492. The van der Waals surface area contributed by atoms with Gasteiger partial charge in [-0.05, 0) is 30.8 Å². The van der Waals surface area contributed by atoms with E-state index in [0.717, 1.165) is 27.3 Å². The number of halogens is 1. The Bertz CT molecular complexity index is 672. The second-order valence-corrected chi connectivity index (χ2v) is 4.84. The van der Waals surface area contributed by atoms with Crippen molar-refractivity contribution in [2.24, 2.45) is 0 Å². The molecule has 0 spiro atoms. The third-order valence-electron chi connectivity index (χ3n) is 3.23. The Kier molecular flexibility index (Phi) is 3.28. The predicted octanol–water partition coefficient (Wildman–Crippen LogP) is 4.40. The first kappa shape index (κ1) is 12.3. The number of furan rings is 1. The van der Waals surface area contributed by atoms with Crippen molar-refractivity contribution in [3.63, 3.8) is 0 Å². The molecular weight excluding hydrogens is 258 g/mol. The van der Waals surface area contributed by atoms with Gasteiger partial charge in [-0.15, -0.1) is 0 Å². The van der Waals surface area contributed by atoms with Crippen LogP contribution in [0, 0.1) is 0 Å². The van der Waals surface area contributed by atoms with Gasteiger partial charge in [0.25, 0.3) is 0 Å². The highest BCUT2D eigenvalue weighted by atomic mass is 35.5. The van der Waals surface area contributed by atoms with Gasteiger partial charge < -0.3 is 9.73 Å². The maximum Gasteiger partial charge on any atom is 0.134 e. The van der Waals surface area contributed by atoms with Gasteiger partial charge in [0.2, 0.25) is 0 Å². The van der Waals surface area contributed by atoms with Gasteiger partial charge in [0.15, 0.2) is 0 Å². The molecule has 2 aromatic carbocycles. The Morgan fingerprint density at radius 3 is 2.53 bits per heavy atom. The fraction of sp³-hybridized carbons (Fsp3) is 0.125. The minimum atomic E-state index is -0.0406. The molecule has 0 aliphatic heterocycles. The molecule has 3 rings (SSSR count). The van der Waals surface area contributed by atoms with Crippen LogP contribution in [0.15, 0.2) is 59.0 Å². The second kappa shape index (κ2) is 5.08. The van der Waals surface area contributed by atoms with E-state index in [1.165, 1.54) is 0 Å². The summed E-state index contributed by atoms with van der Waals surface area (Å²) < 4.78 is 5.91. The summed E-state index contributed by atoms with van der Waals surface area (Å²) >= 11 is 6.26. The maximum atomic E-state index is 6.26. The Hall–Kier alpha value is -1.77. The summed E-state index contributed by atoms with van der Waals surface area (Å²) in [5.74, 6) is 0.872. The number of fused-ring (bicyclic) bond motifs is 1. The van der Waals surface area contributed by atoms with Gasteiger partial charge in [0.05, 0.1) is 6.04 Å². The Morgan fingerprint density at radius 1 is 1.05 bits per heavy atom. The summed E-state index contributed by atoms with van der Waals surface area (Å²) in [4.78, 5) is 0. The highest BCUT2D eigenvalue weighted by molar-refractivity contribution is 6.31. The normalized spacial score (nSPS) is 12.7. The molecule has 3 heteroatoms. The van der Waals surface area contributed by atoms with E-state index in [0.29, 0.717) is 0 Å². The van der Waals surface area contributed by atoms with Crippen LogP contribution in [0.4, 0.5) is 0 Å². The van der Waals surface area contributed by atoms with E-state index in [-0.39, 0.29) is 6.04 Å². The van der Waals surface area contributed by atoms with Crippen LogP contribution in [0.3, 0.4) is 0 Å². The van der Waals surface area contributed by atoms with Crippen LogP contribution >= 0.6 is 11.6 Å². The molecule has 0 radical (unpaired) electrons. The van der Waals surface area contributed by atoms with Gasteiger partial charge in [0.1, 0.15) is 11.3 Å². The van der Waals surface area contributed by atoms with Gasteiger partial charge in [-0.2, -0.15) is 0 Å². The molecule has 19 heavy (non-hydrogen) atoms. The summed E-state index contributed by atoms with van der Waals surface area (Å²) in [5.41, 5.74) is 1.91. The number of para-hydroxylation sites is 1. The van der Waals surface area contributed by atoms with Crippen LogP contribution in [-0.2, 0) is 0 Å². The van der Waals surface area contributed by atoms with Crippen LogP contribution in [-0.4, -0.2) is 7.05 Å². The number of hydrogen-bond acceptors (Lipinski definition) is 2. The third kappa shape index (κ3) is 2.25. The molecule has 0 saturated carbocycles. The minimum absolute atomic E-state index is 0.0406. The molecule has 3 aromatic rings. The molecule has 2 nitrogen and oxygen atoms in total. The third-order valence-corrected chi connectivity index (χ3v) is 3.58. The molecule has 96 valence electrons. The van der Waals surface area contributed by atoms with E-state index in [9.17, 15) is 0 Å². The van der Waals surface area contributed by atoms with Crippen LogP contribution in [0.2, 0.25) is 5.02 Å². The molecule has 0 amide bonds. The molecule has 1 aromatic heterocycles. The molecule has 1 heterocycles. The van der Waals surface area contributed by atoms with Crippen molar-refractivity contribution in [1.29, 1.82) is 0 Å². The van der Waals surface area contributed by atoms with Gasteiger partial charge in [-0.25, -0.2) is 0 Å². The number of rotatable bonds is 3. The van der Waals surface area contributed by atoms with Gasteiger partial charge >= 0.3 is 0 Å². The van der Waals surface area contributed by atoms with E-state index in [4.69, 9.17) is 16.0 Å². The quantitative estimate of drug-likeness (QED) is 0.764. The monoisotopic (exact) mass is 271 g/mol. The summed E-state index contributed by atoms with van der Waals surface area (Å²) in [6.07, 6.45) is 0. The smallest absolute Gasteiger partial charge is 0.134 e. The molecule has 0 fully saturated rings. The van der Waals surface area contributed by atoms with Crippen molar-refractivity contribution in [1.82, 2.24) is 5.32 Å². The second-order valence-electron chi connectivity index (χ2n) is 4.43. The van der Waals surface area contributed by atoms with E-state index in [1.807, 2.05) is 55.6 Å². The van der Waals surface area contributed by atoms with Gasteiger partial charge in [-0.3, -0.25) is 0 Å². The van der Waals surface area contributed by atoms with E-state index in [2.05, 4.69) is 11.4 Å². The number of nitrogens with one attached hydrogen (secondary N) is 1. The first-order valence-electron chi connectivity index (χ1n) is 6.20. The first-order chi connectivity index (χ1) is 9.29. The highest BCUT2D eigenvalue weighted by Crippen LogP contribution is 2.31. The Labute approximate surface area is 117 Å². The topological polar surface area (TPSA) is 25.2 Å². The molecule has 0 saturated heterocycles.